The van der Waals surface area contributed by atoms with Gasteiger partial charge in [0.1, 0.15) is 6.17 Å². The molecule has 30 heavy (non-hydrogen) atoms. The van der Waals surface area contributed by atoms with Crippen LogP contribution < -0.4 is 11.2 Å². The van der Waals surface area contributed by atoms with Gasteiger partial charge in [0.15, 0.2) is 6.23 Å². The van der Waals surface area contributed by atoms with Gasteiger partial charge in [-0.2, -0.15) is 0 Å². The minimum absolute atomic E-state index is 0.219. The topological polar surface area (TPSA) is 297 Å². The maximum Gasteiger partial charge on any atom is 0.466 e. The molecular weight excluding hydrogens is 488 g/mol. The first-order valence-electron chi connectivity index (χ1n) is 7.03. The summed E-state index contributed by atoms with van der Waals surface area (Å²) in [6.45, 7) is 1.74. The van der Waals surface area contributed by atoms with Gasteiger partial charge in [-0.3, -0.25) is 14.3 Å². The highest BCUT2D eigenvalue weighted by molar-refractivity contribution is 7.45. The van der Waals surface area contributed by atoms with Crippen molar-refractivity contribution in [3.63, 3.8) is 0 Å². The fourth-order valence-electron chi connectivity index (χ4n) is 1.68. The molecule has 0 aromatic carbocycles. The molecule has 0 radical (unpaired) electrons. The Bertz CT molecular complexity index is 827. The Balaban J connectivity index is 0. The summed E-state index contributed by atoms with van der Waals surface area (Å²) in [5.41, 5.74) is -1.15. The molecule has 1 aromatic rings. The van der Waals surface area contributed by atoms with Crippen LogP contribution in [0, 0.1) is 0 Å². The molecule has 0 saturated carbocycles. The first kappa shape index (κ1) is 31.1. The number of phosphoric acid groups is 3. The quantitative estimate of drug-likeness (QED) is 0.174. The lowest BCUT2D eigenvalue weighted by Gasteiger charge is -2.14. The molecular formula is C9H20FN2O15P3. The predicted octanol–water partition coefficient (Wildman–Crippen LogP) is -2.60. The SMILES string of the molecule is C[C@H]1C[C@@H](F)[C@H](n2ccc(=O)[nH]c2=O)O1.O=P(O)(O)O.O=P(O)(O)O.O=P(O)(O)O. The summed E-state index contributed by atoms with van der Waals surface area (Å²) in [6, 6.07) is 1.17. The van der Waals surface area contributed by atoms with E-state index < -0.39 is 47.1 Å². The molecule has 3 atom stereocenters. The maximum atomic E-state index is 13.4. The molecule has 0 bridgehead atoms. The average molecular weight is 508 g/mol. The van der Waals surface area contributed by atoms with E-state index in [-0.39, 0.29) is 12.5 Å². The van der Waals surface area contributed by atoms with Gasteiger partial charge in [0.05, 0.1) is 6.10 Å². The van der Waals surface area contributed by atoms with Gasteiger partial charge in [-0.1, -0.05) is 0 Å². The molecule has 1 saturated heterocycles. The van der Waals surface area contributed by atoms with Crippen LogP contribution in [0.4, 0.5) is 4.39 Å². The monoisotopic (exact) mass is 508 g/mol. The smallest absolute Gasteiger partial charge is 0.352 e. The van der Waals surface area contributed by atoms with Crippen molar-refractivity contribution in [2.45, 2.75) is 31.8 Å². The number of rotatable bonds is 1. The van der Waals surface area contributed by atoms with Gasteiger partial charge in [-0.05, 0) is 6.92 Å². The normalized spacial score (nSPS) is 21.2. The molecule has 1 aliphatic rings. The Labute approximate surface area is 165 Å². The van der Waals surface area contributed by atoms with Gasteiger partial charge in [-0.15, -0.1) is 0 Å². The standard InChI is InChI=1S/C9H11FN2O3.3H3O4P/c1-5-4-6(10)8(15-5)12-3-2-7(13)11-9(12)14;3*1-5(2,3)4/h2-3,5-6,8H,4H2,1H3,(H,11,13,14);3*(H3,1,2,3,4)/t5-,6+,8+;;;/m0.../s1. The molecule has 0 aliphatic carbocycles. The summed E-state index contributed by atoms with van der Waals surface area (Å²) in [4.78, 5) is 88.9. The number of halogens is 1. The van der Waals surface area contributed by atoms with Crippen LogP contribution in [0.5, 0.6) is 0 Å². The van der Waals surface area contributed by atoms with Crippen LogP contribution in [0.1, 0.15) is 19.6 Å². The largest absolute Gasteiger partial charge is 0.466 e. The molecule has 1 aromatic heterocycles. The number of hydrogen-bond donors (Lipinski definition) is 10. The van der Waals surface area contributed by atoms with Gasteiger partial charge >= 0.3 is 29.2 Å². The van der Waals surface area contributed by atoms with Crippen LogP contribution in [0.3, 0.4) is 0 Å². The number of aromatic nitrogens is 2. The predicted molar refractivity (Wildman–Crippen MR) is 93.2 cm³/mol. The highest BCUT2D eigenvalue weighted by atomic mass is 31.2. The van der Waals surface area contributed by atoms with Gasteiger partial charge in [-0.25, -0.2) is 22.9 Å². The first-order chi connectivity index (χ1) is 13.1. The summed E-state index contributed by atoms with van der Waals surface area (Å²) in [6.07, 6.45) is -0.857. The number of alkyl halides is 1. The first-order valence-corrected chi connectivity index (χ1v) is 11.7. The third-order valence-corrected chi connectivity index (χ3v) is 2.36. The summed E-state index contributed by atoms with van der Waals surface area (Å²) in [7, 11) is -13.9. The Hall–Kier alpha value is -1.10. The Morgan fingerprint density at radius 3 is 1.60 bits per heavy atom. The van der Waals surface area contributed by atoms with Gasteiger partial charge in [0.25, 0.3) is 5.56 Å². The molecule has 2 heterocycles. The molecule has 1 aliphatic heterocycles. The summed E-state index contributed by atoms with van der Waals surface area (Å²) in [5, 5.41) is 0. The number of aromatic amines is 1. The molecule has 0 amide bonds. The van der Waals surface area contributed by atoms with E-state index in [4.69, 9.17) is 62.5 Å². The molecule has 1 fully saturated rings. The van der Waals surface area contributed by atoms with Crippen molar-refractivity contribution < 1.29 is 66.9 Å². The van der Waals surface area contributed by atoms with E-state index in [0.717, 1.165) is 4.57 Å². The number of nitrogens with one attached hydrogen (secondary N) is 1. The fourth-order valence-corrected chi connectivity index (χ4v) is 1.68. The number of hydrogen-bond acceptors (Lipinski definition) is 6. The minimum Gasteiger partial charge on any atom is -0.352 e. The van der Waals surface area contributed by atoms with E-state index in [9.17, 15) is 14.0 Å². The molecule has 0 spiro atoms. The maximum absolute atomic E-state index is 13.4. The Morgan fingerprint density at radius 2 is 1.33 bits per heavy atom. The second kappa shape index (κ2) is 12.7. The van der Waals surface area contributed by atoms with Crippen molar-refractivity contribution in [2.24, 2.45) is 0 Å². The Morgan fingerprint density at radius 1 is 0.967 bits per heavy atom. The van der Waals surface area contributed by atoms with E-state index >= 15 is 0 Å². The molecule has 10 N–H and O–H groups in total. The van der Waals surface area contributed by atoms with Crippen molar-refractivity contribution in [1.29, 1.82) is 0 Å². The fraction of sp³-hybridized carbons (Fsp3) is 0.556. The molecule has 17 nitrogen and oxygen atoms in total. The van der Waals surface area contributed by atoms with E-state index in [1.165, 1.54) is 12.3 Å². The van der Waals surface area contributed by atoms with Crippen LogP contribution in [-0.2, 0) is 18.4 Å². The average Bonchev–Trinajstić information content (AvgIpc) is 2.71. The van der Waals surface area contributed by atoms with Gasteiger partial charge < -0.3 is 48.8 Å². The zero-order chi connectivity index (χ0) is 24.5. The summed E-state index contributed by atoms with van der Waals surface area (Å²) < 4.78 is 46.4. The lowest BCUT2D eigenvalue weighted by Crippen LogP contribution is -2.33. The second-order valence-electron chi connectivity index (χ2n) is 5.15. The van der Waals surface area contributed by atoms with Crippen LogP contribution in [-0.4, -0.2) is 65.9 Å². The molecule has 21 heteroatoms. The molecule has 178 valence electrons. The van der Waals surface area contributed by atoms with Crippen molar-refractivity contribution in [3.05, 3.63) is 33.1 Å². The van der Waals surface area contributed by atoms with E-state index in [0.29, 0.717) is 0 Å². The number of H-pyrrole nitrogens is 1. The number of nitrogens with zero attached hydrogens (tertiary/aromatic N) is 1. The van der Waals surface area contributed by atoms with E-state index in [2.05, 4.69) is 4.98 Å². The third-order valence-electron chi connectivity index (χ3n) is 2.36. The minimum atomic E-state index is -4.64. The number of ether oxygens (including phenoxy) is 1. The van der Waals surface area contributed by atoms with Crippen LogP contribution in [0.15, 0.2) is 21.9 Å². The van der Waals surface area contributed by atoms with Gasteiger partial charge in [0.2, 0.25) is 0 Å². The highest BCUT2D eigenvalue weighted by Gasteiger charge is 2.34. The van der Waals surface area contributed by atoms with Crippen LogP contribution in [0.2, 0.25) is 0 Å². The Kier molecular flexibility index (Phi) is 13.1. The summed E-state index contributed by atoms with van der Waals surface area (Å²) in [5.74, 6) is 0. The van der Waals surface area contributed by atoms with Crippen LogP contribution >= 0.6 is 23.5 Å². The summed E-state index contributed by atoms with van der Waals surface area (Å²) >= 11 is 0. The highest BCUT2D eigenvalue weighted by Crippen LogP contribution is 2.29. The zero-order valence-electron chi connectivity index (χ0n) is 14.7. The van der Waals surface area contributed by atoms with Crippen molar-refractivity contribution in [1.82, 2.24) is 9.55 Å². The van der Waals surface area contributed by atoms with Crippen molar-refractivity contribution >= 4 is 23.5 Å². The van der Waals surface area contributed by atoms with Crippen LogP contribution in [0.25, 0.3) is 0 Å². The zero-order valence-corrected chi connectivity index (χ0v) is 17.4. The molecule has 2 rings (SSSR count). The lowest BCUT2D eigenvalue weighted by molar-refractivity contribution is -0.0147. The lowest BCUT2D eigenvalue weighted by atomic mass is 10.2. The van der Waals surface area contributed by atoms with Crippen molar-refractivity contribution in [2.75, 3.05) is 0 Å². The van der Waals surface area contributed by atoms with E-state index in [1.54, 1.807) is 6.92 Å². The van der Waals surface area contributed by atoms with E-state index in [1.807, 2.05) is 0 Å². The third kappa shape index (κ3) is 23.2. The second-order valence-corrected chi connectivity index (χ2v) is 8.23. The molecule has 0 unspecified atom stereocenters. The van der Waals surface area contributed by atoms with Crippen molar-refractivity contribution in [3.8, 4) is 0 Å². The van der Waals surface area contributed by atoms with Gasteiger partial charge in [0, 0.05) is 18.7 Å².